The first-order valence-corrected chi connectivity index (χ1v) is 6.70. The molecule has 18 heavy (non-hydrogen) atoms. The first kappa shape index (κ1) is 14.7. The maximum atomic E-state index is 8.69. The van der Waals surface area contributed by atoms with Crippen molar-refractivity contribution in [1.29, 1.82) is 0 Å². The van der Waals surface area contributed by atoms with Crippen molar-refractivity contribution in [1.82, 2.24) is 9.97 Å². The predicted octanol–water partition coefficient (Wildman–Crippen LogP) is 2.18. The Morgan fingerprint density at radius 2 is 1.94 bits per heavy atom. The smallest absolute Gasteiger partial charge is 0.224 e. The fourth-order valence-corrected chi connectivity index (χ4v) is 1.61. The van der Waals surface area contributed by atoms with Gasteiger partial charge in [-0.15, -0.1) is 0 Å². The lowest BCUT2D eigenvalue weighted by Crippen LogP contribution is -2.09. The number of aryl methyl sites for hydroxylation is 1. The van der Waals surface area contributed by atoms with E-state index in [0.717, 1.165) is 50.3 Å². The van der Waals surface area contributed by atoms with E-state index in [2.05, 4.69) is 27.5 Å². The highest BCUT2D eigenvalue weighted by atomic mass is 16.2. The van der Waals surface area contributed by atoms with Crippen molar-refractivity contribution in [2.45, 2.75) is 39.5 Å². The molecule has 0 aliphatic rings. The highest BCUT2D eigenvalue weighted by molar-refractivity contribution is 5.41. The molecule has 0 saturated heterocycles. The molecular weight excluding hydrogens is 228 g/mol. The Kier molecular flexibility index (Phi) is 7.10. The lowest BCUT2D eigenvalue weighted by Gasteiger charge is -2.09. The Bertz CT molecular complexity index is 344. The number of rotatable bonds is 9. The molecular formula is C13H24N4O. The van der Waals surface area contributed by atoms with Crippen LogP contribution in [0.2, 0.25) is 0 Å². The molecule has 0 radical (unpaired) electrons. The fraction of sp³-hybridized carbons (Fsp3) is 0.692. The lowest BCUT2D eigenvalue weighted by molar-refractivity contribution is 0.283. The van der Waals surface area contributed by atoms with Crippen molar-refractivity contribution in [2.24, 2.45) is 0 Å². The molecule has 5 heteroatoms. The van der Waals surface area contributed by atoms with Gasteiger partial charge in [0.25, 0.3) is 0 Å². The number of aliphatic hydroxyl groups is 1. The minimum Gasteiger partial charge on any atom is -0.396 e. The van der Waals surface area contributed by atoms with E-state index in [1.807, 2.05) is 13.0 Å². The van der Waals surface area contributed by atoms with E-state index < -0.39 is 0 Å². The van der Waals surface area contributed by atoms with E-state index >= 15 is 0 Å². The van der Waals surface area contributed by atoms with Crippen LogP contribution in [0.3, 0.4) is 0 Å². The zero-order chi connectivity index (χ0) is 13.2. The van der Waals surface area contributed by atoms with Crippen LogP contribution in [0.15, 0.2) is 6.07 Å². The van der Waals surface area contributed by atoms with Gasteiger partial charge in [-0.2, -0.15) is 4.98 Å². The van der Waals surface area contributed by atoms with E-state index in [1.165, 1.54) is 0 Å². The van der Waals surface area contributed by atoms with Crippen molar-refractivity contribution < 1.29 is 5.11 Å². The summed E-state index contributed by atoms with van der Waals surface area (Å²) in [5.41, 5.74) is 0.960. The summed E-state index contributed by atoms with van der Waals surface area (Å²) in [6, 6.07) is 1.95. The van der Waals surface area contributed by atoms with Gasteiger partial charge in [0, 0.05) is 31.5 Å². The largest absolute Gasteiger partial charge is 0.396 e. The van der Waals surface area contributed by atoms with Crippen molar-refractivity contribution in [3.8, 4) is 0 Å². The van der Waals surface area contributed by atoms with Crippen molar-refractivity contribution >= 4 is 11.8 Å². The highest BCUT2D eigenvalue weighted by Crippen LogP contribution is 2.10. The average Bonchev–Trinajstić information content (AvgIpc) is 2.35. The molecule has 3 N–H and O–H groups in total. The molecule has 0 aromatic carbocycles. The summed E-state index contributed by atoms with van der Waals surface area (Å²) in [5, 5.41) is 15.2. The van der Waals surface area contributed by atoms with Crippen LogP contribution >= 0.6 is 0 Å². The van der Waals surface area contributed by atoms with Gasteiger partial charge < -0.3 is 15.7 Å². The summed E-state index contributed by atoms with van der Waals surface area (Å²) in [4.78, 5) is 8.74. The highest BCUT2D eigenvalue weighted by Gasteiger charge is 2.00. The number of aliphatic hydroxyl groups excluding tert-OH is 1. The van der Waals surface area contributed by atoms with Crippen LogP contribution in [0, 0.1) is 6.92 Å². The van der Waals surface area contributed by atoms with E-state index in [-0.39, 0.29) is 6.61 Å². The molecule has 0 saturated carbocycles. The molecule has 0 bridgehead atoms. The molecule has 0 aliphatic carbocycles. The monoisotopic (exact) mass is 252 g/mol. The molecule has 0 amide bonds. The lowest BCUT2D eigenvalue weighted by atomic mass is 10.2. The van der Waals surface area contributed by atoms with Crippen molar-refractivity contribution in [3.63, 3.8) is 0 Å². The molecule has 0 atom stereocenters. The van der Waals surface area contributed by atoms with Crippen molar-refractivity contribution in [3.05, 3.63) is 11.8 Å². The van der Waals surface area contributed by atoms with Gasteiger partial charge in [-0.3, -0.25) is 0 Å². The van der Waals surface area contributed by atoms with Crippen LogP contribution in [0.25, 0.3) is 0 Å². The Morgan fingerprint density at radius 3 is 2.67 bits per heavy atom. The minimum atomic E-state index is 0.275. The number of hydrogen-bond acceptors (Lipinski definition) is 5. The average molecular weight is 252 g/mol. The molecule has 0 spiro atoms. The Labute approximate surface area is 109 Å². The first-order valence-electron chi connectivity index (χ1n) is 6.70. The molecule has 1 aromatic rings. The predicted molar refractivity (Wildman–Crippen MR) is 75.0 cm³/mol. The van der Waals surface area contributed by atoms with E-state index in [0.29, 0.717) is 5.95 Å². The van der Waals surface area contributed by atoms with Crippen LogP contribution in [-0.4, -0.2) is 34.8 Å². The molecule has 102 valence electrons. The summed E-state index contributed by atoms with van der Waals surface area (Å²) in [5.74, 6) is 1.56. The topological polar surface area (TPSA) is 70.1 Å². The van der Waals surface area contributed by atoms with Gasteiger partial charge in [0.05, 0.1) is 0 Å². The van der Waals surface area contributed by atoms with Gasteiger partial charge in [-0.1, -0.05) is 6.92 Å². The number of hydrogen-bond donors (Lipinski definition) is 3. The standard InChI is InChI=1S/C13H24N4O/c1-3-7-15-13-16-11(2)10-12(17-13)14-8-5-4-6-9-18/h10,18H,3-9H2,1-2H3,(H2,14,15,16,17). The second-order valence-corrected chi connectivity index (χ2v) is 4.36. The fourth-order valence-electron chi connectivity index (χ4n) is 1.61. The number of nitrogens with zero attached hydrogens (tertiary/aromatic N) is 2. The van der Waals surface area contributed by atoms with E-state index in [9.17, 15) is 0 Å². The van der Waals surface area contributed by atoms with Crippen LogP contribution in [0.1, 0.15) is 38.3 Å². The molecule has 1 heterocycles. The second kappa shape index (κ2) is 8.69. The van der Waals surface area contributed by atoms with Crippen molar-refractivity contribution in [2.75, 3.05) is 30.3 Å². The summed E-state index contributed by atoms with van der Waals surface area (Å²) >= 11 is 0. The van der Waals surface area contributed by atoms with Gasteiger partial charge in [-0.25, -0.2) is 4.98 Å². The Hall–Kier alpha value is -1.36. The van der Waals surface area contributed by atoms with Gasteiger partial charge in [0.1, 0.15) is 5.82 Å². The summed E-state index contributed by atoms with van der Waals surface area (Å²) in [6.45, 7) is 6.12. The Morgan fingerprint density at radius 1 is 1.11 bits per heavy atom. The maximum Gasteiger partial charge on any atom is 0.224 e. The van der Waals surface area contributed by atoms with Gasteiger partial charge in [0.2, 0.25) is 5.95 Å². The quantitative estimate of drug-likeness (QED) is 0.588. The number of nitrogens with one attached hydrogen (secondary N) is 2. The molecule has 5 nitrogen and oxygen atoms in total. The van der Waals surface area contributed by atoms with E-state index in [1.54, 1.807) is 0 Å². The normalized spacial score (nSPS) is 10.4. The number of unbranched alkanes of at least 4 members (excludes halogenated alkanes) is 2. The van der Waals surface area contributed by atoms with Crippen LogP contribution in [-0.2, 0) is 0 Å². The molecule has 1 rings (SSSR count). The maximum absolute atomic E-state index is 8.69. The summed E-state index contributed by atoms with van der Waals surface area (Å²) in [6.07, 6.45) is 4.00. The van der Waals surface area contributed by atoms with Gasteiger partial charge >= 0.3 is 0 Å². The third kappa shape index (κ3) is 5.82. The minimum absolute atomic E-state index is 0.275. The van der Waals surface area contributed by atoms with Crippen LogP contribution < -0.4 is 10.6 Å². The Balaban J connectivity index is 2.41. The van der Waals surface area contributed by atoms with Gasteiger partial charge in [-0.05, 0) is 32.6 Å². The first-order chi connectivity index (χ1) is 8.76. The SMILES string of the molecule is CCCNc1nc(C)cc(NCCCCCO)n1. The molecule has 1 aromatic heterocycles. The van der Waals surface area contributed by atoms with E-state index in [4.69, 9.17) is 5.11 Å². The van der Waals surface area contributed by atoms with Crippen LogP contribution in [0.4, 0.5) is 11.8 Å². The summed E-state index contributed by atoms with van der Waals surface area (Å²) in [7, 11) is 0. The zero-order valence-corrected chi connectivity index (χ0v) is 11.4. The summed E-state index contributed by atoms with van der Waals surface area (Å²) < 4.78 is 0. The third-order valence-electron chi connectivity index (χ3n) is 2.53. The van der Waals surface area contributed by atoms with Gasteiger partial charge in [0.15, 0.2) is 0 Å². The van der Waals surface area contributed by atoms with Crippen LogP contribution in [0.5, 0.6) is 0 Å². The second-order valence-electron chi connectivity index (χ2n) is 4.36. The molecule has 0 unspecified atom stereocenters. The molecule has 0 aliphatic heterocycles. The third-order valence-corrected chi connectivity index (χ3v) is 2.53. The number of anilines is 2. The zero-order valence-electron chi connectivity index (χ0n) is 11.4. The number of aromatic nitrogens is 2. The molecule has 0 fully saturated rings.